The lowest BCUT2D eigenvalue weighted by Gasteiger charge is -1.99. The summed E-state index contributed by atoms with van der Waals surface area (Å²) in [5.41, 5.74) is 0. The van der Waals surface area contributed by atoms with Gasteiger partial charge in [-0.1, -0.05) is 22.5 Å². The van der Waals surface area contributed by atoms with Crippen molar-refractivity contribution in [2.45, 2.75) is 13.5 Å². The van der Waals surface area contributed by atoms with Crippen molar-refractivity contribution in [1.82, 2.24) is 5.32 Å². The van der Waals surface area contributed by atoms with Crippen LogP contribution in [-0.2, 0) is 6.54 Å². The summed E-state index contributed by atoms with van der Waals surface area (Å²) in [5, 5.41) is 3.17. The lowest BCUT2D eigenvalue weighted by atomic mass is 10.4. The van der Waals surface area contributed by atoms with Crippen molar-refractivity contribution in [3.63, 3.8) is 0 Å². The van der Waals surface area contributed by atoms with Crippen LogP contribution in [0, 0.1) is 6.92 Å². The average molecular weight is 230 g/mol. The first-order valence-electron chi connectivity index (χ1n) is 3.78. The first-order valence-corrected chi connectivity index (χ1v) is 4.57. The molecule has 0 unspecified atom stereocenters. The Bertz CT molecular complexity index is 267. The van der Waals surface area contributed by atoms with Crippen LogP contribution in [-0.4, -0.2) is 6.54 Å². The van der Waals surface area contributed by atoms with Gasteiger partial charge in [-0.3, -0.25) is 0 Å². The molecule has 2 nitrogen and oxygen atoms in total. The van der Waals surface area contributed by atoms with Gasteiger partial charge in [-0.05, 0) is 19.1 Å². The Morgan fingerprint density at radius 3 is 2.92 bits per heavy atom. The van der Waals surface area contributed by atoms with Gasteiger partial charge < -0.3 is 9.73 Å². The molecular formula is C9H12BrNO. The van der Waals surface area contributed by atoms with Gasteiger partial charge in [-0.25, -0.2) is 0 Å². The van der Waals surface area contributed by atoms with Crippen LogP contribution in [0.25, 0.3) is 0 Å². The van der Waals surface area contributed by atoms with Crippen molar-refractivity contribution in [2.75, 3.05) is 6.54 Å². The van der Waals surface area contributed by atoms with E-state index in [0.29, 0.717) is 0 Å². The van der Waals surface area contributed by atoms with Gasteiger partial charge >= 0.3 is 0 Å². The molecule has 12 heavy (non-hydrogen) atoms. The molecule has 3 heteroatoms. The number of aryl methyl sites for hydroxylation is 1. The minimum Gasteiger partial charge on any atom is -0.465 e. The third kappa shape index (κ3) is 3.24. The van der Waals surface area contributed by atoms with Crippen molar-refractivity contribution in [3.8, 4) is 0 Å². The molecule has 0 atom stereocenters. The maximum absolute atomic E-state index is 5.36. The van der Waals surface area contributed by atoms with Crippen LogP contribution < -0.4 is 5.32 Å². The van der Waals surface area contributed by atoms with Gasteiger partial charge in [0, 0.05) is 11.0 Å². The summed E-state index contributed by atoms with van der Waals surface area (Å²) >= 11 is 3.27. The zero-order valence-corrected chi connectivity index (χ0v) is 8.65. The molecule has 1 aromatic heterocycles. The number of hydrogen-bond donors (Lipinski definition) is 1. The smallest absolute Gasteiger partial charge is 0.117 e. The third-order valence-electron chi connectivity index (χ3n) is 1.41. The van der Waals surface area contributed by atoms with Gasteiger partial charge in [0.05, 0.1) is 6.54 Å². The topological polar surface area (TPSA) is 25.2 Å². The number of rotatable bonds is 4. The highest BCUT2D eigenvalue weighted by Gasteiger charge is 1.96. The van der Waals surface area contributed by atoms with E-state index < -0.39 is 0 Å². The molecule has 1 aromatic rings. The monoisotopic (exact) mass is 229 g/mol. The highest BCUT2D eigenvalue weighted by molar-refractivity contribution is 9.11. The van der Waals surface area contributed by atoms with E-state index in [4.69, 9.17) is 4.42 Å². The predicted molar refractivity (Wildman–Crippen MR) is 53.2 cm³/mol. The van der Waals surface area contributed by atoms with E-state index in [2.05, 4.69) is 27.8 Å². The molecule has 0 fully saturated rings. The first kappa shape index (κ1) is 9.55. The summed E-state index contributed by atoms with van der Waals surface area (Å²) in [5.74, 6) is 1.91. The van der Waals surface area contributed by atoms with Crippen molar-refractivity contribution < 1.29 is 4.42 Å². The highest BCUT2D eigenvalue weighted by Crippen LogP contribution is 2.06. The Labute approximate surface area is 80.8 Å². The molecule has 1 N–H and O–H groups in total. The van der Waals surface area contributed by atoms with E-state index in [0.717, 1.165) is 29.1 Å². The molecule has 0 aliphatic rings. The second-order valence-electron chi connectivity index (χ2n) is 2.63. The molecule has 0 radical (unpaired) electrons. The van der Waals surface area contributed by atoms with Crippen molar-refractivity contribution in [2.24, 2.45) is 0 Å². The van der Waals surface area contributed by atoms with Crippen LogP contribution in [0.15, 0.2) is 27.6 Å². The summed E-state index contributed by atoms with van der Waals surface area (Å²) in [7, 11) is 0. The van der Waals surface area contributed by atoms with Crippen molar-refractivity contribution in [3.05, 3.63) is 34.7 Å². The van der Waals surface area contributed by atoms with Gasteiger partial charge in [0.2, 0.25) is 0 Å². The number of nitrogens with one attached hydrogen (secondary N) is 1. The molecule has 1 rings (SSSR count). The standard InChI is InChI=1S/C9H12BrNO/c1-7(10)5-11-6-9-4-3-8(2)12-9/h3-4,11H,1,5-6H2,2H3. The van der Waals surface area contributed by atoms with Crippen LogP contribution in [0.5, 0.6) is 0 Å². The average Bonchev–Trinajstić information content (AvgIpc) is 2.35. The summed E-state index contributed by atoms with van der Waals surface area (Å²) in [6.45, 7) is 7.16. The van der Waals surface area contributed by atoms with Gasteiger partial charge in [-0.2, -0.15) is 0 Å². The fourth-order valence-electron chi connectivity index (χ4n) is 0.901. The van der Waals surface area contributed by atoms with Gasteiger partial charge in [-0.15, -0.1) is 0 Å². The van der Waals surface area contributed by atoms with Crippen molar-refractivity contribution >= 4 is 15.9 Å². The zero-order chi connectivity index (χ0) is 8.97. The highest BCUT2D eigenvalue weighted by atomic mass is 79.9. The minimum absolute atomic E-state index is 0.748. The minimum atomic E-state index is 0.748. The van der Waals surface area contributed by atoms with Crippen LogP contribution >= 0.6 is 15.9 Å². The SMILES string of the molecule is C=C(Br)CNCc1ccc(C)o1. The summed E-state index contributed by atoms with van der Waals surface area (Å²) in [4.78, 5) is 0. The molecule has 0 saturated carbocycles. The quantitative estimate of drug-likeness (QED) is 0.859. The van der Waals surface area contributed by atoms with Crippen LogP contribution in [0.1, 0.15) is 11.5 Å². The molecule has 66 valence electrons. The van der Waals surface area contributed by atoms with Crippen LogP contribution in [0.3, 0.4) is 0 Å². The molecule has 0 bridgehead atoms. The molecule has 0 aliphatic heterocycles. The maximum atomic E-state index is 5.36. The zero-order valence-electron chi connectivity index (χ0n) is 7.06. The van der Waals surface area contributed by atoms with Gasteiger partial charge in [0.25, 0.3) is 0 Å². The van der Waals surface area contributed by atoms with E-state index in [-0.39, 0.29) is 0 Å². The Morgan fingerprint density at radius 2 is 2.42 bits per heavy atom. The number of hydrogen-bond acceptors (Lipinski definition) is 2. The molecular weight excluding hydrogens is 218 g/mol. The number of furan rings is 1. The summed E-state index contributed by atoms with van der Waals surface area (Å²) in [6, 6.07) is 3.93. The molecule has 0 amide bonds. The molecule has 1 heterocycles. The summed E-state index contributed by atoms with van der Waals surface area (Å²) in [6.07, 6.45) is 0. The van der Waals surface area contributed by atoms with Crippen LogP contribution in [0.4, 0.5) is 0 Å². The van der Waals surface area contributed by atoms with Gasteiger partial charge in [0.1, 0.15) is 11.5 Å². The lowest BCUT2D eigenvalue weighted by Crippen LogP contribution is -2.13. The Kier molecular flexibility index (Phi) is 3.56. The first-order chi connectivity index (χ1) is 5.68. The second-order valence-corrected chi connectivity index (χ2v) is 3.75. The fraction of sp³-hybridized carbons (Fsp3) is 0.333. The predicted octanol–water partition coefficient (Wildman–Crippen LogP) is 2.59. The fourth-order valence-corrected chi connectivity index (χ4v) is 1.10. The lowest BCUT2D eigenvalue weighted by molar-refractivity contribution is 0.467. The number of halogens is 1. The van der Waals surface area contributed by atoms with Gasteiger partial charge in [0.15, 0.2) is 0 Å². The Balaban J connectivity index is 2.29. The molecule has 0 saturated heterocycles. The van der Waals surface area contributed by atoms with E-state index in [9.17, 15) is 0 Å². The molecule has 0 aliphatic carbocycles. The molecule has 0 spiro atoms. The van der Waals surface area contributed by atoms with E-state index in [1.54, 1.807) is 0 Å². The Hall–Kier alpha value is -0.540. The normalized spacial score (nSPS) is 10.2. The maximum Gasteiger partial charge on any atom is 0.117 e. The van der Waals surface area contributed by atoms with E-state index >= 15 is 0 Å². The van der Waals surface area contributed by atoms with E-state index in [1.807, 2.05) is 19.1 Å². The van der Waals surface area contributed by atoms with Crippen LogP contribution in [0.2, 0.25) is 0 Å². The Morgan fingerprint density at radius 1 is 1.67 bits per heavy atom. The third-order valence-corrected chi connectivity index (χ3v) is 1.69. The molecule has 0 aromatic carbocycles. The van der Waals surface area contributed by atoms with Crippen molar-refractivity contribution in [1.29, 1.82) is 0 Å². The van der Waals surface area contributed by atoms with E-state index in [1.165, 1.54) is 0 Å². The summed E-state index contributed by atoms with van der Waals surface area (Å²) < 4.78 is 6.31. The largest absolute Gasteiger partial charge is 0.465 e. The second kappa shape index (κ2) is 4.48.